The lowest BCUT2D eigenvalue weighted by Crippen LogP contribution is -2.13. The molecule has 0 unspecified atom stereocenters. The summed E-state index contributed by atoms with van der Waals surface area (Å²) in [4.78, 5) is 16.5. The number of nitrogens with zero attached hydrogens (tertiary/aromatic N) is 3. The van der Waals surface area contributed by atoms with Gasteiger partial charge in [-0.1, -0.05) is 41.2 Å². The van der Waals surface area contributed by atoms with Crippen LogP contribution >= 0.6 is 11.3 Å². The van der Waals surface area contributed by atoms with Crippen LogP contribution in [0.25, 0.3) is 22.1 Å². The Balaban J connectivity index is 1.56. The Labute approximate surface area is 146 Å². The van der Waals surface area contributed by atoms with Crippen LogP contribution in [-0.2, 0) is 0 Å². The second-order valence-corrected chi connectivity index (χ2v) is 6.22. The van der Waals surface area contributed by atoms with Crippen LogP contribution in [0.3, 0.4) is 0 Å². The number of furan rings is 1. The van der Waals surface area contributed by atoms with Gasteiger partial charge in [0.1, 0.15) is 0 Å². The molecule has 3 aromatic heterocycles. The van der Waals surface area contributed by atoms with E-state index in [9.17, 15) is 4.79 Å². The molecule has 0 radical (unpaired) electrons. The molecule has 25 heavy (non-hydrogen) atoms. The van der Waals surface area contributed by atoms with Crippen LogP contribution in [0.1, 0.15) is 16.1 Å². The van der Waals surface area contributed by atoms with Crippen LogP contribution in [0.2, 0.25) is 0 Å². The smallest absolute Gasteiger partial charge is 0.280 e. The number of hydrogen-bond donors (Lipinski definition) is 1. The number of carbonyl (C=O) groups is 1. The fourth-order valence-corrected chi connectivity index (χ4v) is 2.95. The summed E-state index contributed by atoms with van der Waals surface area (Å²) < 4.78 is 10.7. The second kappa shape index (κ2) is 6.33. The standard InChI is InChI=1S/C17H12N4O3S/c1-10-4-6-11(7-5-10)14-13(18-9-24-14)15(22)19-17-21-20-16(25-17)12-3-2-8-23-12/h2-9H,1H3,(H,19,21,22). The fraction of sp³-hybridized carbons (Fsp3) is 0.0588. The summed E-state index contributed by atoms with van der Waals surface area (Å²) in [7, 11) is 0. The summed E-state index contributed by atoms with van der Waals surface area (Å²) in [6.45, 7) is 1.99. The third-order valence-corrected chi connectivity index (χ3v) is 4.33. The van der Waals surface area contributed by atoms with Gasteiger partial charge in [-0.15, -0.1) is 10.2 Å². The summed E-state index contributed by atoms with van der Waals surface area (Å²) in [5.41, 5.74) is 2.09. The number of oxazole rings is 1. The number of carbonyl (C=O) groups excluding carboxylic acids is 1. The fourth-order valence-electron chi connectivity index (χ4n) is 2.25. The first-order valence-electron chi connectivity index (χ1n) is 7.40. The molecule has 8 heteroatoms. The SMILES string of the molecule is Cc1ccc(-c2ocnc2C(=O)Nc2nnc(-c3ccco3)s2)cc1. The normalized spacial score (nSPS) is 10.8. The molecule has 4 aromatic rings. The van der Waals surface area contributed by atoms with E-state index in [0.717, 1.165) is 11.1 Å². The van der Waals surface area contributed by atoms with Crippen LogP contribution in [0, 0.1) is 6.92 Å². The maximum absolute atomic E-state index is 12.5. The van der Waals surface area contributed by atoms with Gasteiger partial charge in [-0.2, -0.15) is 0 Å². The zero-order valence-corrected chi connectivity index (χ0v) is 13.9. The lowest BCUT2D eigenvalue weighted by atomic mass is 10.1. The van der Waals surface area contributed by atoms with Gasteiger partial charge in [0.2, 0.25) is 5.13 Å². The average Bonchev–Trinajstić information content (AvgIpc) is 3.36. The Kier molecular flexibility index (Phi) is 3.87. The third kappa shape index (κ3) is 3.07. The number of anilines is 1. The highest BCUT2D eigenvalue weighted by molar-refractivity contribution is 7.18. The number of amides is 1. The van der Waals surface area contributed by atoms with Crippen LogP contribution in [-0.4, -0.2) is 21.1 Å². The first-order chi connectivity index (χ1) is 12.2. The number of hydrogen-bond acceptors (Lipinski definition) is 7. The second-order valence-electron chi connectivity index (χ2n) is 5.24. The molecular weight excluding hydrogens is 340 g/mol. The monoisotopic (exact) mass is 352 g/mol. The third-order valence-electron chi connectivity index (χ3n) is 3.47. The van der Waals surface area contributed by atoms with Gasteiger partial charge in [-0.25, -0.2) is 4.98 Å². The van der Waals surface area contributed by atoms with Gasteiger partial charge in [0.15, 0.2) is 28.6 Å². The minimum Gasteiger partial charge on any atom is -0.462 e. The van der Waals surface area contributed by atoms with Crippen LogP contribution in [0.4, 0.5) is 5.13 Å². The predicted octanol–water partition coefficient (Wildman–Crippen LogP) is 4.01. The van der Waals surface area contributed by atoms with Crippen LogP contribution < -0.4 is 5.32 Å². The molecule has 0 fully saturated rings. The average molecular weight is 352 g/mol. The van der Waals surface area contributed by atoms with Gasteiger partial charge in [0, 0.05) is 5.56 Å². The molecule has 0 aliphatic heterocycles. The van der Waals surface area contributed by atoms with Crippen molar-refractivity contribution in [3.63, 3.8) is 0 Å². The molecule has 1 amide bonds. The first kappa shape index (κ1) is 15.3. The molecule has 0 spiro atoms. The van der Waals surface area contributed by atoms with Crippen molar-refractivity contribution in [1.29, 1.82) is 0 Å². The number of benzene rings is 1. The van der Waals surface area contributed by atoms with Crippen molar-refractivity contribution in [3.8, 4) is 22.1 Å². The molecule has 1 aromatic carbocycles. The van der Waals surface area contributed by atoms with Crippen LogP contribution in [0.15, 0.2) is 57.9 Å². The molecule has 4 rings (SSSR count). The van der Waals surface area contributed by atoms with E-state index in [1.807, 2.05) is 31.2 Å². The summed E-state index contributed by atoms with van der Waals surface area (Å²) in [5.74, 6) is 0.597. The van der Waals surface area contributed by atoms with E-state index >= 15 is 0 Å². The van der Waals surface area contributed by atoms with E-state index in [4.69, 9.17) is 8.83 Å². The number of nitrogens with one attached hydrogen (secondary N) is 1. The zero-order valence-electron chi connectivity index (χ0n) is 13.1. The molecule has 0 aliphatic carbocycles. The molecule has 1 N–H and O–H groups in total. The maximum Gasteiger partial charge on any atom is 0.280 e. The van der Waals surface area contributed by atoms with E-state index in [1.54, 1.807) is 18.4 Å². The van der Waals surface area contributed by atoms with Crippen molar-refractivity contribution in [3.05, 3.63) is 60.3 Å². The highest BCUT2D eigenvalue weighted by Gasteiger charge is 2.20. The topological polar surface area (TPSA) is 94.1 Å². The van der Waals surface area contributed by atoms with E-state index in [2.05, 4.69) is 20.5 Å². The van der Waals surface area contributed by atoms with Crippen molar-refractivity contribution in [2.75, 3.05) is 5.32 Å². The molecule has 7 nitrogen and oxygen atoms in total. The summed E-state index contributed by atoms with van der Waals surface area (Å²) >= 11 is 1.21. The Bertz CT molecular complexity index is 1000. The minimum atomic E-state index is -0.411. The predicted molar refractivity (Wildman–Crippen MR) is 92.2 cm³/mol. The molecule has 0 bridgehead atoms. The summed E-state index contributed by atoms with van der Waals surface area (Å²) in [6.07, 6.45) is 2.80. The summed E-state index contributed by atoms with van der Waals surface area (Å²) in [6, 6.07) is 11.2. The van der Waals surface area contributed by atoms with Gasteiger partial charge >= 0.3 is 0 Å². The highest BCUT2D eigenvalue weighted by atomic mass is 32.1. The van der Waals surface area contributed by atoms with Crippen LogP contribution in [0.5, 0.6) is 0 Å². The van der Waals surface area contributed by atoms with Gasteiger partial charge in [-0.3, -0.25) is 10.1 Å². The van der Waals surface area contributed by atoms with Crippen molar-refractivity contribution in [1.82, 2.24) is 15.2 Å². The number of aromatic nitrogens is 3. The molecule has 0 atom stereocenters. The molecule has 124 valence electrons. The molecule has 0 saturated carbocycles. The Morgan fingerprint density at radius 3 is 2.72 bits per heavy atom. The molecular formula is C17H12N4O3S. The molecule has 3 heterocycles. The van der Waals surface area contributed by atoms with Crippen molar-refractivity contribution in [2.45, 2.75) is 6.92 Å². The Morgan fingerprint density at radius 1 is 1.12 bits per heavy atom. The van der Waals surface area contributed by atoms with E-state index < -0.39 is 5.91 Å². The van der Waals surface area contributed by atoms with E-state index in [1.165, 1.54) is 17.7 Å². The highest BCUT2D eigenvalue weighted by Crippen LogP contribution is 2.28. The number of rotatable bonds is 4. The molecule has 0 saturated heterocycles. The minimum absolute atomic E-state index is 0.193. The van der Waals surface area contributed by atoms with Crippen molar-refractivity contribution < 1.29 is 13.6 Å². The lowest BCUT2D eigenvalue weighted by molar-refractivity contribution is 0.102. The van der Waals surface area contributed by atoms with Gasteiger partial charge < -0.3 is 8.83 Å². The Hall–Kier alpha value is -3.26. The quantitative estimate of drug-likeness (QED) is 0.596. The Morgan fingerprint density at radius 2 is 1.96 bits per heavy atom. The van der Waals surface area contributed by atoms with Gasteiger partial charge in [0.05, 0.1) is 6.26 Å². The van der Waals surface area contributed by atoms with Crippen molar-refractivity contribution in [2.24, 2.45) is 0 Å². The van der Waals surface area contributed by atoms with E-state index in [0.29, 0.717) is 21.7 Å². The van der Waals surface area contributed by atoms with Gasteiger partial charge in [-0.05, 0) is 19.1 Å². The maximum atomic E-state index is 12.5. The van der Waals surface area contributed by atoms with E-state index in [-0.39, 0.29) is 5.69 Å². The number of aryl methyl sites for hydroxylation is 1. The molecule has 0 aliphatic rings. The summed E-state index contributed by atoms with van der Waals surface area (Å²) in [5, 5.41) is 11.6. The van der Waals surface area contributed by atoms with Gasteiger partial charge in [0.25, 0.3) is 5.91 Å². The first-order valence-corrected chi connectivity index (χ1v) is 8.21. The zero-order chi connectivity index (χ0) is 17.2. The lowest BCUT2D eigenvalue weighted by Gasteiger charge is -2.02. The largest absolute Gasteiger partial charge is 0.462 e. The van der Waals surface area contributed by atoms with Crippen molar-refractivity contribution >= 4 is 22.4 Å².